The Morgan fingerprint density at radius 1 is 1.47 bits per heavy atom. The van der Waals surface area contributed by atoms with Gasteiger partial charge in [-0.05, 0) is 24.6 Å². The van der Waals surface area contributed by atoms with Gasteiger partial charge in [0.25, 0.3) is 0 Å². The van der Waals surface area contributed by atoms with E-state index in [9.17, 15) is 0 Å². The zero-order valence-electron chi connectivity index (χ0n) is 8.44. The fraction of sp³-hybridized carbons (Fsp3) is 0.182. The monoisotopic (exact) mass is 221 g/mol. The molecule has 1 aromatic carbocycles. The molecule has 0 bridgehead atoms. The van der Waals surface area contributed by atoms with E-state index >= 15 is 0 Å². The lowest BCUT2D eigenvalue weighted by Gasteiger charge is -2.05. The molecular formula is C11H12ClN3. The van der Waals surface area contributed by atoms with Crippen molar-refractivity contribution in [3.63, 3.8) is 0 Å². The number of benzene rings is 1. The number of halogens is 1. The first kappa shape index (κ1) is 10.2. The van der Waals surface area contributed by atoms with E-state index in [-0.39, 0.29) is 0 Å². The molecule has 4 heteroatoms. The molecule has 0 aliphatic carbocycles. The normalized spacial score (nSPS) is 10.6. The summed E-state index contributed by atoms with van der Waals surface area (Å²) in [6, 6.07) is 7.95. The fourth-order valence-corrected chi connectivity index (χ4v) is 1.59. The van der Waals surface area contributed by atoms with Crippen LogP contribution in [0.1, 0.15) is 11.3 Å². The minimum absolute atomic E-state index is 0.530. The van der Waals surface area contributed by atoms with Gasteiger partial charge in [0.1, 0.15) is 0 Å². The summed E-state index contributed by atoms with van der Waals surface area (Å²) in [6.07, 6.45) is 1.64. The number of hydrogen-bond acceptors (Lipinski definition) is 2. The number of aromatic nitrogens is 2. The van der Waals surface area contributed by atoms with Crippen LogP contribution in [0.3, 0.4) is 0 Å². The number of nitrogens with two attached hydrogens (primary N) is 1. The van der Waals surface area contributed by atoms with Gasteiger partial charge < -0.3 is 5.73 Å². The summed E-state index contributed by atoms with van der Waals surface area (Å²) in [6.45, 7) is 2.46. The zero-order chi connectivity index (χ0) is 10.8. The van der Waals surface area contributed by atoms with Crippen LogP contribution in [0.25, 0.3) is 5.69 Å². The summed E-state index contributed by atoms with van der Waals surface area (Å²) in [4.78, 5) is 0. The minimum Gasteiger partial charge on any atom is -0.326 e. The Hall–Kier alpha value is -1.32. The van der Waals surface area contributed by atoms with E-state index in [1.165, 1.54) is 0 Å². The molecule has 2 N–H and O–H groups in total. The van der Waals surface area contributed by atoms with Gasteiger partial charge in [-0.3, -0.25) is 0 Å². The molecule has 3 nitrogen and oxygen atoms in total. The lowest BCUT2D eigenvalue weighted by atomic mass is 10.2. The molecule has 15 heavy (non-hydrogen) atoms. The van der Waals surface area contributed by atoms with Gasteiger partial charge in [-0.15, -0.1) is 0 Å². The molecule has 2 aromatic rings. The molecule has 0 aliphatic rings. The Morgan fingerprint density at radius 3 is 2.87 bits per heavy atom. The second-order valence-electron chi connectivity index (χ2n) is 3.36. The molecule has 1 aromatic heterocycles. The molecule has 1 heterocycles. The Balaban J connectivity index is 2.49. The maximum Gasteiger partial charge on any atom is 0.0819 e. The molecule has 0 saturated carbocycles. The topological polar surface area (TPSA) is 43.8 Å². The third-order valence-corrected chi connectivity index (χ3v) is 2.71. The van der Waals surface area contributed by atoms with Crippen molar-refractivity contribution in [1.82, 2.24) is 9.78 Å². The minimum atomic E-state index is 0.530. The SMILES string of the molecule is Cc1c(Cl)cnn1-c1cccc(CN)c1. The highest BCUT2D eigenvalue weighted by Crippen LogP contribution is 2.18. The second-order valence-corrected chi connectivity index (χ2v) is 3.77. The summed E-state index contributed by atoms with van der Waals surface area (Å²) >= 11 is 5.94. The largest absolute Gasteiger partial charge is 0.326 e. The van der Waals surface area contributed by atoms with E-state index in [2.05, 4.69) is 5.10 Å². The summed E-state index contributed by atoms with van der Waals surface area (Å²) in [5.74, 6) is 0. The van der Waals surface area contributed by atoms with Gasteiger partial charge in [-0.1, -0.05) is 23.7 Å². The highest BCUT2D eigenvalue weighted by Gasteiger charge is 2.05. The molecule has 0 atom stereocenters. The Bertz CT molecular complexity index is 476. The van der Waals surface area contributed by atoms with Gasteiger partial charge in [-0.25, -0.2) is 4.68 Å². The molecule has 0 saturated heterocycles. The first-order valence-corrected chi connectivity index (χ1v) is 5.09. The molecule has 0 amide bonds. The Kier molecular flexibility index (Phi) is 2.75. The van der Waals surface area contributed by atoms with Crippen molar-refractivity contribution in [3.05, 3.63) is 46.7 Å². The lowest BCUT2D eigenvalue weighted by Crippen LogP contribution is -2.01. The third-order valence-electron chi connectivity index (χ3n) is 2.34. The molecule has 0 radical (unpaired) electrons. The van der Waals surface area contributed by atoms with Crippen LogP contribution in [-0.4, -0.2) is 9.78 Å². The van der Waals surface area contributed by atoms with Crippen LogP contribution in [0.4, 0.5) is 0 Å². The van der Waals surface area contributed by atoms with Crippen molar-refractivity contribution in [1.29, 1.82) is 0 Å². The summed E-state index contributed by atoms with van der Waals surface area (Å²) < 4.78 is 1.81. The van der Waals surface area contributed by atoms with E-state index in [0.29, 0.717) is 11.6 Å². The van der Waals surface area contributed by atoms with Gasteiger partial charge in [0.05, 0.1) is 22.6 Å². The van der Waals surface area contributed by atoms with E-state index in [0.717, 1.165) is 16.9 Å². The van der Waals surface area contributed by atoms with Crippen molar-refractivity contribution < 1.29 is 0 Å². The van der Waals surface area contributed by atoms with Crippen LogP contribution in [0.15, 0.2) is 30.5 Å². The van der Waals surface area contributed by atoms with Crippen molar-refractivity contribution in [2.75, 3.05) is 0 Å². The first-order chi connectivity index (χ1) is 7.22. The Labute approximate surface area is 93.5 Å². The fourth-order valence-electron chi connectivity index (χ4n) is 1.47. The van der Waals surface area contributed by atoms with Crippen LogP contribution in [-0.2, 0) is 6.54 Å². The van der Waals surface area contributed by atoms with E-state index in [4.69, 9.17) is 17.3 Å². The van der Waals surface area contributed by atoms with Crippen molar-refractivity contribution in [2.45, 2.75) is 13.5 Å². The molecular weight excluding hydrogens is 210 g/mol. The highest BCUT2D eigenvalue weighted by atomic mass is 35.5. The standard InChI is InChI=1S/C11H12ClN3/c1-8-11(12)7-14-15(8)10-4-2-3-9(5-10)6-13/h2-5,7H,6,13H2,1H3. The van der Waals surface area contributed by atoms with Crippen LogP contribution >= 0.6 is 11.6 Å². The smallest absolute Gasteiger partial charge is 0.0819 e. The molecule has 0 unspecified atom stereocenters. The van der Waals surface area contributed by atoms with Gasteiger partial charge in [0, 0.05) is 6.54 Å². The summed E-state index contributed by atoms with van der Waals surface area (Å²) in [5.41, 5.74) is 8.59. The van der Waals surface area contributed by atoms with Gasteiger partial charge in [0.2, 0.25) is 0 Å². The van der Waals surface area contributed by atoms with E-state index in [1.54, 1.807) is 6.20 Å². The van der Waals surface area contributed by atoms with Crippen molar-refractivity contribution in [2.24, 2.45) is 5.73 Å². The highest BCUT2D eigenvalue weighted by molar-refractivity contribution is 6.31. The molecule has 0 aliphatic heterocycles. The lowest BCUT2D eigenvalue weighted by molar-refractivity contribution is 0.844. The number of hydrogen-bond donors (Lipinski definition) is 1. The first-order valence-electron chi connectivity index (χ1n) is 4.72. The van der Waals surface area contributed by atoms with Crippen LogP contribution in [0.2, 0.25) is 5.02 Å². The summed E-state index contributed by atoms with van der Waals surface area (Å²) in [5, 5.41) is 4.88. The quantitative estimate of drug-likeness (QED) is 0.846. The third kappa shape index (κ3) is 1.89. The average molecular weight is 222 g/mol. The predicted octanol–water partition coefficient (Wildman–Crippen LogP) is 2.29. The van der Waals surface area contributed by atoms with Crippen molar-refractivity contribution >= 4 is 11.6 Å². The van der Waals surface area contributed by atoms with Crippen LogP contribution < -0.4 is 5.73 Å². The van der Waals surface area contributed by atoms with Crippen LogP contribution in [0, 0.1) is 6.92 Å². The zero-order valence-corrected chi connectivity index (χ0v) is 9.20. The second kappa shape index (κ2) is 4.04. The maximum atomic E-state index is 5.94. The maximum absolute atomic E-state index is 5.94. The molecule has 2 rings (SSSR count). The molecule has 0 fully saturated rings. The van der Waals surface area contributed by atoms with Crippen LogP contribution in [0.5, 0.6) is 0 Å². The van der Waals surface area contributed by atoms with Gasteiger partial charge in [-0.2, -0.15) is 5.10 Å². The van der Waals surface area contributed by atoms with Gasteiger partial charge >= 0.3 is 0 Å². The Morgan fingerprint density at radius 2 is 2.27 bits per heavy atom. The van der Waals surface area contributed by atoms with Gasteiger partial charge in [0.15, 0.2) is 0 Å². The summed E-state index contributed by atoms with van der Waals surface area (Å²) in [7, 11) is 0. The van der Waals surface area contributed by atoms with E-state index in [1.807, 2.05) is 35.9 Å². The van der Waals surface area contributed by atoms with E-state index < -0.39 is 0 Å². The predicted molar refractivity (Wildman–Crippen MR) is 61.2 cm³/mol. The molecule has 78 valence electrons. The van der Waals surface area contributed by atoms with Crippen molar-refractivity contribution in [3.8, 4) is 5.69 Å². The average Bonchev–Trinajstić information content (AvgIpc) is 2.60. The molecule has 0 spiro atoms. The number of rotatable bonds is 2. The number of nitrogens with zero attached hydrogens (tertiary/aromatic N) is 2.